The summed E-state index contributed by atoms with van der Waals surface area (Å²) in [5, 5.41) is 22.8. The summed E-state index contributed by atoms with van der Waals surface area (Å²) in [6.45, 7) is 2.82. The number of carbonyl (C=O) groups excluding carboxylic acids is 1. The van der Waals surface area contributed by atoms with E-state index in [2.05, 4.69) is 0 Å². The first-order chi connectivity index (χ1) is 12.5. The van der Waals surface area contributed by atoms with E-state index in [4.69, 9.17) is 9.47 Å². The van der Waals surface area contributed by atoms with Gasteiger partial charge in [-0.05, 0) is 0 Å². The third kappa shape index (κ3) is 3.58. The third-order valence-corrected chi connectivity index (χ3v) is 4.34. The lowest BCUT2D eigenvalue weighted by Gasteiger charge is -2.32. The molecule has 0 aromatic heterocycles. The van der Waals surface area contributed by atoms with E-state index in [-0.39, 0.29) is 11.3 Å². The molecular weight excluding hydrogens is 348 g/mol. The predicted octanol–water partition coefficient (Wildman–Crippen LogP) is 0.812. The van der Waals surface area contributed by atoms with Gasteiger partial charge in [0.2, 0.25) is 0 Å². The fourth-order valence-corrected chi connectivity index (χ4v) is 3.07. The SMILES string of the molecule is O=C(c1cc([N+](=O)[O-])cc([N+](=O)[O-])c1N1CCOCC1)N1CCOCC1. The zero-order chi connectivity index (χ0) is 18.7. The summed E-state index contributed by atoms with van der Waals surface area (Å²) >= 11 is 0. The van der Waals surface area contributed by atoms with Crippen LogP contribution in [0, 0.1) is 20.2 Å². The lowest BCUT2D eigenvalue weighted by atomic mass is 10.1. The summed E-state index contributed by atoms with van der Waals surface area (Å²) in [5.74, 6) is -0.471. The average molecular weight is 366 g/mol. The molecule has 11 nitrogen and oxygen atoms in total. The molecule has 0 atom stereocenters. The van der Waals surface area contributed by atoms with Gasteiger partial charge in [0, 0.05) is 32.2 Å². The topological polar surface area (TPSA) is 128 Å². The normalized spacial score (nSPS) is 17.8. The molecule has 1 aromatic carbocycles. The third-order valence-electron chi connectivity index (χ3n) is 4.34. The number of rotatable bonds is 4. The molecule has 0 bridgehead atoms. The van der Waals surface area contributed by atoms with Gasteiger partial charge in [-0.1, -0.05) is 0 Å². The first-order valence-electron chi connectivity index (χ1n) is 8.15. The summed E-state index contributed by atoms with van der Waals surface area (Å²) in [4.78, 5) is 37.5. The van der Waals surface area contributed by atoms with Gasteiger partial charge >= 0.3 is 0 Å². The van der Waals surface area contributed by atoms with Gasteiger partial charge in [-0.25, -0.2) is 0 Å². The molecule has 1 amide bonds. The van der Waals surface area contributed by atoms with Crippen molar-refractivity contribution in [3.63, 3.8) is 0 Å². The molecule has 0 saturated carbocycles. The Morgan fingerprint density at radius 3 is 2.04 bits per heavy atom. The number of non-ortho nitro benzene ring substituents is 1. The van der Waals surface area contributed by atoms with Crippen LogP contribution in [0.15, 0.2) is 12.1 Å². The van der Waals surface area contributed by atoms with Gasteiger partial charge in [-0.15, -0.1) is 0 Å². The van der Waals surface area contributed by atoms with E-state index in [1.165, 1.54) is 4.90 Å². The van der Waals surface area contributed by atoms with Crippen LogP contribution in [0.2, 0.25) is 0 Å². The van der Waals surface area contributed by atoms with Crippen LogP contribution >= 0.6 is 0 Å². The highest BCUT2D eigenvalue weighted by Crippen LogP contribution is 2.37. The molecule has 1 aromatic rings. The summed E-state index contributed by atoms with van der Waals surface area (Å²) in [5.41, 5.74) is -0.849. The molecule has 0 aliphatic carbocycles. The number of nitro groups is 2. The Balaban J connectivity index is 2.12. The fourth-order valence-electron chi connectivity index (χ4n) is 3.07. The quantitative estimate of drug-likeness (QED) is 0.565. The molecule has 2 heterocycles. The van der Waals surface area contributed by atoms with Gasteiger partial charge in [0.05, 0.1) is 47.9 Å². The van der Waals surface area contributed by atoms with Crippen LogP contribution in [0.25, 0.3) is 0 Å². The van der Waals surface area contributed by atoms with Crippen molar-refractivity contribution < 1.29 is 24.1 Å². The van der Waals surface area contributed by atoms with Crippen molar-refractivity contribution in [2.45, 2.75) is 0 Å². The molecule has 2 saturated heterocycles. The molecule has 0 radical (unpaired) electrons. The first kappa shape index (κ1) is 18.0. The van der Waals surface area contributed by atoms with Gasteiger partial charge in [0.15, 0.2) is 0 Å². The van der Waals surface area contributed by atoms with Crippen molar-refractivity contribution in [3.8, 4) is 0 Å². The van der Waals surface area contributed by atoms with E-state index in [1.54, 1.807) is 4.90 Å². The molecule has 2 aliphatic heterocycles. The molecule has 26 heavy (non-hydrogen) atoms. The number of amides is 1. The zero-order valence-corrected chi connectivity index (χ0v) is 14.0. The lowest BCUT2D eigenvalue weighted by Crippen LogP contribution is -2.42. The number of ether oxygens (including phenoxy) is 2. The minimum atomic E-state index is -0.730. The van der Waals surface area contributed by atoms with E-state index in [0.717, 1.165) is 12.1 Å². The molecule has 0 N–H and O–H groups in total. The monoisotopic (exact) mass is 366 g/mol. The summed E-state index contributed by atoms with van der Waals surface area (Å²) in [6, 6.07) is 2.02. The van der Waals surface area contributed by atoms with Gasteiger partial charge in [-0.3, -0.25) is 25.0 Å². The minimum absolute atomic E-state index is 0.0327. The number of nitro benzene ring substituents is 2. The first-order valence-corrected chi connectivity index (χ1v) is 8.15. The van der Waals surface area contributed by atoms with E-state index in [1.807, 2.05) is 0 Å². The number of carbonyl (C=O) groups is 1. The second-order valence-corrected chi connectivity index (χ2v) is 5.88. The van der Waals surface area contributed by atoms with Crippen LogP contribution in [0.5, 0.6) is 0 Å². The number of benzene rings is 1. The highest BCUT2D eigenvalue weighted by molar-refractivity contribution is 6.03. The maximum atomic E-state index is 13.0. The van der Waals surface area contributed by atoms with Crippen LogP contribution < -0.4 is 4.90 Å². The predicted molar refractivity (Wildman–Crippen MR) is 89.5 cm³/mol. The Hall–Kier alpha value is -2.79. The van der Waals surface area contributed by atoms with Gasteiger partial charge in [0.1, 0.15) is 5.69 Å². The largest absolute Gasteiger partial charge is 0.378 e. The smallest absolute Gasteiger partial charge is 0.300 e. The number of morpholine rings is 2. The Morgan fingerprint density at radius 2 is 1.50 bits per heavy atom. The number of hydrogen-bond donors (Lipinski definition) is 0. The summed E-state index contributed by atoms with van der Waals surface area (Å²) < 4.78 is 10.5. The van der Waals surface area contributed by atoms with Crippen LogP contribution in [0.4, 0.5) is 17.1 Å². The highest BCUT2D eigenvalue weighted by Gasteiger charge is 2.33. The Kier molecular flexibility index (Phi) is 5.28. The van der Waals surface area contributed by atoms with Crippen LogP contribution in [-0.2, 0) is 9.47 Å². The molecule has 3 rings (SSSR count). The number of hydrogen-bond acceptors (Lipinski definition) is 8. The zero-order valence-electron chi connectivity index (χ0n) is 14.0. The van der Waals surface area contributed by atoms with Gasteiger partial charge < -0.3 is 19.3 Å². The van der Waals surface area contributed by atoms with Crippen molar-refractivity contribution >= 4 is 23.0 Å². The standard InChI is InChI=1S/C15H18N4O7/c20-15(17-3-7-26-8-4-17)12-9-11(18(21)22)10-13(19(23)24)14(12)16-1-5-25-6-2-16/h9-10H,1-8H2. The summed E-state index contributed by atoms with van der Waals surface area (Å²) in [6.07, 6.45) is 0. The van der Waals surface area contributed by atoms with Crippen LogP contribution in [0.3, 0.4) is 0 Å². The highest BCUT2D eigenvalue weighted by atomic mass is 16.6. The molecule has 0 unspecified atom stereocenters. The Labute approximate surface area is 148 Å². The second kappa shape index (κ2) is 7.62. The molecular formula is C15H18N4O7. The molecule has 140 valence electrons. The van der Waals surface area contributed by atoms with Crippen molar-refractivity contribution in [2.75, 3.05) is 57.5 Å². The van der Waals surface area contributed by atoms with Crippen molar-refractivity contribution in [1.29, 1.82) is 0 Å². The number of anilines is 1. The van der Waals surface area contributed by atoms with Crippen LogP contribution in [0.1, 0.15) is 10.4 Å². The van der Waals surface area contributed by atoms with E-state index in [0.29, 0.717) is 52.6 Å². The molecule has 11 heteroatoms. The Morgan fingerprint density at radius 1 is 0.923 bits per heavy atom. The maximum Gasteiger partial charge on any atom is 0.300 e. The van der Waals surface area contributed by atoms with E-state index >= 15 is 0 Å². The van der Waals surface area contributed by atoms with Gasteiger partial charge in [-0.2, -0.15) is 0 Å². The van der Waals surface area contributed by atoms with Crippen molar-refractivity contribution in [3.05, 3.63) is 37.9 Å². The maximum absolute atomic E-state index is 13.0. The Bertz CT molecular complexity index is 727. The van der Waals surface area contributed by atoms with Crippen LogP contribution in [-0.4, -0.2) is 73.3 Å². The summed E-state index contributed by atoms with van der Waals surface area (Å²) in [7, 11) is 0. The molecule has 0 spiro atoms. The average Bonchev–Trinajstić information content (AvgIpc) is 2.67. The lowest BCUT2D eigenvalue weighted by molar-refractivity contribution is -0.393. The van der Waals surface area contributed by atoms with E-state index < -0.39 is 27.1 Å². The van der Waals surface area contributed by atoms with Gasteiger partial charge in [0.25, 0.3) is 17.3 Å². The minimum Gasteiger partial charge on any atom is -0.378 e. The van der Waals surface area contributed by atoms with Crippen molar-refractivity contribution in [1.82, 2.24) is 4.90 Å². The second-order valence-electron chi connectivity index (χ2n) is 5.88. The number of nitrogens with zero attached hydrogens (tertiary/aromatic N) is 4. The van der Waals surface area contributed by atoms with E-state index in [9.17, 15) is 25.0 Å². The van der Waals surface area contributed by atoms with Crippen molar-refractivity contribution in [2.24, 2.45) is 0 Å². The molecule has 2 fully saturated rings. The fraction of sp³-hybridized carbons (Fsp3) is 0.533. The molecule has 2 aliphatic rings.